The number of rotatable bonds is 8. The van der Waals surface area contributed by atoms with Gasteiger partial charge in [0, 0.05) is 22.8 Å². The molecule has 1 aromatic carbocycles. The largest absolute Gasteiger partial charge is 0.493 e. The first-order chi connectivity index (χ1) is 13.0. The highest BCUT2D eigenvalue weighted by Gasteiger charge is 2.18. The molecule has 0 radical (unpaired) electrons. The molecule has 0 saturated carbocycles. The Morgan fingerprint density at radius 3 is 2.89 bits per heavy atom. The van der Waals surface area contributed by atoms with Gasteiger partial charge in [-0.3, -0.25) is 14.7 Å². The molecule has 2 aromatic heterocycles. The fraction of sp³-hybridized carbons (Fsp3) is 0.312. The number of benzene rings is 1. The van der Waals surface area contributed by atoms with Crippen LogP contribution in [0.2, 0.25) is 0 Å². The lowest BCUT2D eigenvalue weighted by Gasteiger charge is -2.04. The van der Waals surface area contributed by atoms with Gasteiger partial charge in [-0.05, 0) is 36.2 Å². The number of aromatic nitrogens is 4. The lowest BCUT2D eigenvalue weighted by Crippen LogP contribution is -2.18. The van der Waals surface area contributed by atoms with E-state index in [9.17, 15) is 14.8 Å². The van der Waals surface area contributed by atoms with Gasteiger partial charge in [0.2, 0.25) is 11.8 Å². The fourth-order valence-electron chi connectivity index (χ4n) is 2.84. The number of aryl methyl sites for hydroxylation is 1. The first-order valence-corrected chi connectivity index (χ1v) is 8.98. The van der Waals surface area contributed by atoms with Gasteiger partial charge in [-0.1, -0.05) is 21.1 Å². The van der Waals surface area contributed by atoms with E-state index in [1.807, 2.05) is 6.07 Å². The third-order valence-electron chi connectivity index (χ3n) is 4.14. The normalized spacial score (nSPS) is 11.0. The maximum Gasteiger partial charge on any atom is 0.243 e. The Labute approximate surface area is 161 Å². The van der Waals surface area contributed by atoms with E-state index < -0.39 is 5.91 Å². The Hall–Kier alpha value is -2.79. The lowest BCUT2D eigenvalue weighted by atomic mass is 10.2. The summed E-state index contributed by atoms with van der Waals surface area (Å²) in [4.78, 5) is 22.1. The van der Waals surface area contributed by atoms with E-state index in [0.29, 0.717) is 36.0 Å². The number of fused-ring (bicyclic) bond motifs is 1. The summed E-state index contributed by atoms with van der Waals surface area (Å²) in [6, 6.07) is 5.32. The van der Waals surface area contributed by atoms with E-state index in [-0.39, 0.29) is 24.5 Å². The topological polar surface area (TPSA) is 135 Å². The Bertz CT molecular complexity index is 983. The molecule has 142 valence electrons. The van der Waals surface area contributed by atoms with Crippen LogP contribution in [0.25, 0.3) is 10.9 Å². The SMILES string of the molecule is O=Nc1c(O)n(Cc2cn(CCCCC(=O)NO)nn2)c2ccc(Br)cc12. The maximum atomic E-state index is 11.1. The summed E-state index contributed by atoms with van der Waals surface area (Å²) in [6.45, 7) is 0.796. The molecule has 1 amide bonds. The average Bonchev–Trinajstić information content (AvgIpc) is 3.21. The molecule has 0 spiro atoms. The summed E-state index contributed by atoms with van der Waals surface area (Å²) in [5.74, 6) is -0.641. The summed E-state index contributed by atoms with van der Waals surface area (Å²) >= 11 is 3.34. The van der Waals surface area contributed by atoms with Crippen molar-refractivity contribution >= 4 is 38.4 Å². The van der Waals surface area contributed by atoms with Gasteiger partial charge < -0.3 is 9.67 Å². The number of amides is 1. The average molecular weight is 437 g/mol. The van der Waals surface area contributed by atoms with E-state index in [1.165, 1.54) is 0 Å². The number of nitrogens with zero attached hydrogens (tertiary/aromatic N) is 5. The van der Waals surface area contributed by atoms with Crippen molar-refractivity contribution in [2.24, 2.45) is 5.18 Å². The van der Waals surface area contributed by atoms with Crippen molar-refractivity contribution in [1.82, 2.24) is 25.0 Å². The van der Waals surface area contributed by atoms with Gasteiger partial charge in [-0.25, -0.2) is 5.48 Å². The Balaban J connectivity index is 1.73. The van der Waals surface area contributed by atoms with Crippen LogP contribution in [0.1, 0.15) is 25.0 Å². The minimum absolute atomic E-state index is 0.0131. The smallest absolute Gasteiger partial charge is 0.243 e. The molecular weight excluding hydrogens is 420 g/mol. The third kappa shape index (κ3) is 4.14. The summed E-state index contributed by atoms with van der Waals surface area (Å²) in [5, 5.41) is 30.4. The van der Waals surface area contributed by atoms with Crippen LogP contribution >= 0.6 is 15.9 Å². The van der Waals surface area contributed by atoms with Crippen LogP contribution in [-0.2, 0) is 17.9 Å². The molecule has 0 aliphatic carbocycles. The number of nitrogens with one attached hydrogen (secondary N) is 1. The third-order valence-corrected chi connectivity index (χ3v) is 4.63. The number of hydrogen-bond donors (Lipinski definition) is 3. The highest BCUT2D eigenvalue weighted by molar-refractivity contribution is 9.10. The molecule has 0 saturated heterocycles. The van der Waals surface area contributed by atoms with Crippen molar-refractivity contribution in [3.05, 3.63) is 39.5 Å². The highest BCUT2D eigenvalue weighted by Crippen LogP contribution is 2.39. The molecule has 0 fully saturated rings. The number of hydrogen-bond acceptors (Lipinski definition) is 7. The number of carbonyl (C=O) groups is 1. The molecule has 3 rings (SSSR count). The molecule has 3 N–H and O–H groups in total. The van der Waals surface area contributed by atoms with Gasteiger partial charge in [-0.2, -0.15) is 0 Å². The van der Waals surface area contributed by atoms with Crippen LogP contribution in [0.5, 0.6) is 5.88 Å². The second-order valence-electron chi connectivity index (χ2n) is 5.98. The van der Waals surface area contributed by atoms with Crippen LogP contribution in [0.4, 0.5) is 5.69 Å². The predicted octanol–water partition coefficient (Wildman–Crippen LogP) is 2.82. The monoisotopic (exact) mass is 436 g/mol. The summed E-state index contributed by atoms with van der Waals surface area (Å²) in [5.41, 5.74) is 2.85. The zero-order chi connectivity index (χ0) is 19.4. The second kappa shape index (κ2) is 8.27. The number of aromatic hydroxyl groups is 1. The van der Waals surface area contributed by atoms with Crippen LogP contribution in [0.3, 0.4) is 0 Å². The van der Waals surface area contributed by atoms with Crippen molar-refractivity contribution in [3.63, 3.8) is 0 Å². The Kier molecular flexibility index (Phi) is 5.81. The minimum atomic E-state index is -0.421. The summed E-state index contributed by atoms with van der Waals surface area (Å²) in [6.07, 6.45) is 3.28. The molecule has 2 heterocycles. The standard InChI is InChI=1S/C16H17BrN6O4/c17-10-4-5-13-12(7-10)15(20-27)16(25)23(13)9-11-8-22(21-18-11)6-2-1-3-14(24)19-26/h4-5,7-8,25-26H,1-3,6,9H2,(H,19,24). The predicted molar refractivity (Wildman–Crippen MR) is 99.7 cm³/mol. The van der Waals surface area contributed by atoms with Crippen molar-refractivity contribution in [1.29, 1.82) is 0 Å². The number of nitroso groups, excluding NO2 is 1. The molecule has 0 bridgehead atoms. The molecule has 11 heteroatoms. The lowest BCUT2D eigenvalue weighted by molar-refractivity contribution is -0.129. The maximum absolute atomic E-state index is 11.1. The van der Waals surface area contributed by atoms with Crippen LogP contribution < -0.4 is 5.48 Å². The molecule has 0 atom stereocenters. The van der Waals surface area contributed by atoms with E-state index >= 15 is 0 Å². The zero-order valence-corrected chi connectivity index (χ0v) is 15.8. The molecule has 27 heavy (non-hydrogen) atoms. The number of carbonyl (C=O) groups excluding carboxylic acids is 1. The Morgan fingerprint density at radius 2 is 2.15 bits per heavy atom. The first-order valence-electron chi connectivity index (χ1n) is 8.19. The molecule has 0 aliphatic rings. The van der Waals surface area contributed by atoms with Gasteiger partial charge in [-0.15, -0.1) is 10.0 Å². The molecule has 0 unspecified atom stereocenters. The minimum Gasteiger partial charge on any atom is -0.493 e. The van der Waals surface area contributed by atoms with Crippen molar-refractivity contribution in [2.45, 2.75) is 32.4 Å². The van der Waals surface area contributed by atoms with Crippen molar-refractivity contribution in [3.8, 4) is 5.88 Å². The molecular formula is C16H17BrN6O4. The molecule has 10 nitrogen and oxygen atoms in total. The molecule has 0 aliphatic heterocycles. The van der Waals surface area contributed by atoms with Gasteiger partial charge in [0.1, 0.15) is 5.69 Å². The van der Waals surface area contributed by atoms with Gasteiger partial charge >= 0.3 is 0 Å². The summed E-state index contributed by atoms with van der Waals surface area (Å²) in [7, 11) is 0. The highest BCUT2D eigenvalue weighted by atomic mass is 79.9. The van der Waals surface area contributed by atoms with Gasteiger partial charge in [0.05, 0.1) is 18.3 Å². The van der Waals surface area contributed by atoms with Crippen LogP contribution in [-0.4, -0.2) is 35.8 Å². The quantitative estimate of drug-likeness (QED) is 0.215. The van der Waals surface area contributed by atoms with E-state index in [4.69, 9.17) is 5.21 Å². The van der Waals surface area contributed by atoms with Crippen LogP contribution in [0, 0.1) is 4.91 Å². The number of halogens is 1. The van der Waals surface area contributed by atoms with Crippen LogP contribution in [0.15, 0.2) is 34.0 Å². The molecule has 3 aromatic rings. The van der Waals surface area contributed by atoms with E-state index in [1.54, 1.807) is 33.1 Å². The number of hydroxylamine groups is 1. The van der Waals surface area contributed by atoms with Crippen molar-refractivity contribution in [2.75, 3.05) is 0 Å². The summed E-state index contributed by atoms with van der Waals surface area (Å²) < 4.78 is 3.97. The number of unbranched alkanes of at least 4 members (excludes halogenated alkanes) is 1. The first kappa shape index (κ1) is 19.0. The van der Waals surface area contributed by atoms with Gasteiger partial charge in [0.25, 0.3) is 0 Å². The van der Waals surface area contributed by atoms with E-state index in [0.717, 1.165) is 4.47 Å². The van der Waals surface area contributed by atoms with E-state index in [2.05, 4.69) is 31.4 Å². The Morgan fingerprint density at radius 1 is 1.33 bits per heavy atom. The zero-order valence-electron chi connectivity index (χ0n) is 14.2. The van der Waals surface area contributed by atoms with Gasteiger partial charge in [0.15, 0.2) is 5.69 Å². The second-order valence-corrected chi connectivity index (χ2v) is 6.89. The fourth-order valence-corrected chi connectivity index (χ4v) is 3.20. The van der Waals surface area contributed by atoms with Crippen molar-refractivity contribution < 1.29 is 15.1 Å².